The van der Waals surface area contributed by atoms with Gasteiger partial charge in [0.2, 0.25) is 5.91 Å². The van der Waals surface area contributed by atoms with E-state index in [4.69, 9.17) is 0 Å². The van der Waals surface area contributed by atoms with Crippen LogP contribution in [0.15, 0.2) is 24.3 Å². The molecule has 0 radical (unpaired) electrons. The number of nitrogens with zero attached hydrogens (tertiary/aromatic N) is 2. The van der Waals surface area contributed by atoms with Crippen LogP contribution in [0.3, 0.4) is 0 Å². The van der Waals surface area contributed by atoms with E-state index in [0.717, 1.165) is 22.8 Å². The highest BCUT2D eigenvalue weighted by molar-refractivity contribution is 5.92. The van der Waals surface area contributed by atoms with E-state index in [1.54, 1.807) is 4.68 Å². The molecule has 1 aromatic heterocycles. The van der Waals surface area contributed by atoms with E-state index in [1.165, 1.54) is 5.56 Å². The van der Waals surface area contributed by atoms with Gasteiger partial charge in [0.25, 0.3) is 0 Å². The smallest absolute Gasteiger partial charge is 0.226 e. The van der Waals surface area contributed by atoms with Crippen LogP contribution < -0.4 is 10.6 Å². The molecule has 0 aliphatic heterocycles. The largest absolute Gasteiger partial charge is 0.384 e. The van der Waals surface area contributed by atoms with E-state index in [-0.39, 0.29) is 5.91 Å². The summed E-state index contributed by atoms with van der Waals surface area (Å²) in [6.07, 6.45) is 0.419. The standard InChI is InChI=1S/C16H22N4O/c1-11-7-5-6-8-14(11)17-10-9-15(21)18-16-12(2)19-20(4)13(16)3/h5-8,17H,9-10H2,1-4H3,(H,18,21). The maximum absolute atomic E-state index is 12.0. The predicted octanol–water partition coefficient (Wildman–Crippen LogP) is 2.79. The molecule has 0 unspecified atom stereocenters. The number of para-hydroxylation sites is 1. The van der Waals surface area contributed by atoms with Gasteiger partial charge in [0.15, 0.2) is 0 Å². The summed E-state index contributed by atoms with van der Waals surface area (Å²) in [5, 5.41) is 10.5. The van der Waals surface area contributed by atoms with Crippen molar-refractivity contribution >= 4 is 17.3 Å². The SMILES string of the molecule is Cc1ccccc1NCCC(=O)Nc1c(C)nn(C)c1C. The molecule has 2 aromatic rings. The van der Waals surface area contributed by atoms with Gasteiger partial charge in [0, 0.05) is 25.7 Å². The number of hydrogen-bond acceptors (Lipinski definition) is 3. The van der Waals surface area contributed by atoms with Crippen LogP contribution in [0, 0.1) is 20.8 Å². The summed E-state index contributed by atoms with van der Waals surface area (Å²) in [5.74, 6) is -0.00437. The van der Waals surface area contributed by atoms with Gasteiger partial charge in [-0.25, -0.2) is 0 Å². The predicted molar refractivity (Wildman–Crippen MR) is 85.6 cm³/mol. The van der Waals surface area contributed by atoms with Crippen LogP contribution in [-0.4, -0.2) is 22.2 Å². The average molecular weight is 286 g/mol. The molecule has 0 spiro atoms. The normalized spacial score (nSPS) is 10.5. The van der Waals surface area contributed by atoms with Crippen LogP contribution in [0.25, 0.3) is 0 Å². The van der Waals surface area contributed by atoms with Crippen molar-refractivity contribution in [1.82, 2.24) is 9.78 Å². The topological polar surface area (TPSA) is 59.0 Å². The van der Waals surface area contributed by atoms with Gasteiger partial charge in [-0.3, -0.25) is 9.48 Å². The van der Waals surface area contributed by atoms with Gasteiger partial charge in [-0.1, -0.05) is 18.2 Å². The molecule has 0 aliphatic rings. The summed E-state index contributed by atoms with van der Waals surface area (Å²) in [4.78, 5) is 12.0. The number of rotatable bonds is 5. The van der Waals surface area contributed by atoms with E-state index in [1.807, 2.05) is 52.1 Å². The molecule has 21 heavy (non-hydrogen) atoms. The van der Waals surface area contributed by atoms with Crippen LogP contribution in [0.2, 0.25) is 0 Å². The van der Waals surface area contributed by atoms with E-state index in [0.29, 0.717) is 13.0 Å². The molecular weight excluding hydrogens is 264 g/mol. The number of nitrogens with one attached hydrogen (secondary N) is 2. The summed E-state index contributed by atoms with van der Waals surface area (Å²) in [7, 11) is 1.87. The van der Waals surface area contributed by atoms with Crippen molar-refractivity contribution in [2.24, 2.45) is 7.05 Å². The number of benzene rings is 1. The molecule has 0 fully saturated rings. The van der Waals surface area contributed by atoms with E-state index in [9.17, 15) is 4.79 Å². The first-order chi connectivity index (χ1) is 9.99. The molecule has 0 saturated carbocycles. The molecule has 0 aliphatic carbocycles. The molecule has 1 amide bonds. The van der Waals surface area contributed by atoms with Gasteiger partial charge < -0.3 is 10.6 Å². The van der Waals surface area contributed by atoms with Crippen molar-refractivity contribution < 1.29 is 4.79 Å². The lowest BCUT2D eigenvalue weighted by Crippen LogP contribution is -2.17. The second kappa shape index (κ2) is 6.43. The third-order valence-electron chi connectivity index (χ3n) is 3.59. The Bertz CT molecular complexity index is 646. The van der Waals surface area contributed by atoms with Crippen LogP contribution in [0.1, 0.15) is 23.4 Å². The molecule has 2 N–H and O–H groups in total. The van der Waals surface area contributed by atoms with Crippen molar-refractivity contribution in [3.05, 3.63) is 41.2 Å². The van der Waals surface area contributed by atoms with Gasteiger partial charge in [0.05, 0.1) is 17.1 Å². The highest BCUT2D eigenvalue weighted by atomic mass is 16.1. The quantitative estimate of drug-likeness (QED) is 0.888. The Kier molecular flexibility index (Phi) is 4.62. The summed E-state index contributed by atoms with van der Waals surface area (Å²) in [5.41, 5.74) is 4.87. The Morgan fingerprint density at radius 3 is 2.57 bits per heavy atom. The Morgan fingerprint density at radius 2 is 1.95 bits per heavy atom. The maximum atomic E-state index is 12.0. The average Bonchev–Trinajstić information content (AvgIpc) is 2.68. The zero-order chi connectivity index (χ0) is 15.4. The Hall–Kier alpha value is -2.30. The molecule has 5 heteroatoms. The van der Waals surface area contributed by atoms with Gasteiger partial charge in [-0.15, -0.1) is 0 Å². The minimum atomic E-state index is -0.00437. The first-order valence-electron chi connectivity index (χ1n) is 7.08. The molecule has 1 heterocycles. The number of amides is 1. The number of aryl methyl sites for hydroxylation is 3. The highest BCUT2D eigenvalue weighted by Crippen LogP contribution is 2.18. The fourth-order valence-corrected chi connectivity index (χ4v) is 2.24. The van der Waals surface area contributed by atoms with Crippen molar-refractivity contribution in [2.45, 2.75) is 27.2 Å². The molecule has 1 aromatic carbocycles. The lowest BCUT2D eigenvalue weighted by molar-refractivity contribution is -0.115. The Morgan fingerprint density at radius 1 is 1.24 bits per heavy atom. The zero-order valence-electron chi connectivity index (χ0n) is 13.0. The van der Waals surface area contributed by atoms with Crippen LogP contribution in [0.5, 0.6) is 0 Å². The molecule has 0 bridgehead atoms. The van der Waals surface area contributed by atoms with E-state index in [2.05, 4.69) is 15.7 Å². The fourth-order valence-electron chi connectivity index (χ4n) is 2.24. The van der Waals surface area contributed by atoms with E-state index >= 15 is 0 Å². The van der Waals surface area contributed by atoms with E-state index < -0.39 is 0 Å². The summed E-state index contributed by atoms with van der Waals surface area (Å²) in [6.45, 7) is 6.50. The first-order valence-corrected chi connectivity index (χ1v) is 7.08. The van der Waals surface area contributed by atoms with Crippen LogP contribution >= 0.6 is 0 Å². The van der Waals surface area contributed by atoms with Gasteiger partial charge in [-0.05, 0) is 32.4 Å². The molecular formula is C16H22N4O. The Balaban J connectivity index is 1.87. The molecule has 112 valence electrons. The summed E-state index contributed by atoms with van der Waals surface area (Å²) >= 11 is 0. The van der Waals surface area contributed by atoms with Crippen molar-refractivity contribution in [1.29, 1.82) is 0 Å². The van der Waals surface area contributed by atoms with Crippen LogP contribution in [0.4, 0.5) is 11.4 Å². The number of hydrogen-bond donors (Lipinski definition) is 2. The maximum Gasteiger partial charge on any atom is 0.226 e. The van der Waals surface area contributed by atoms with Crippen LogP contribution in [-0.2, 0) is 11.8 Å². The van der Waals surface area contributed by atoms with Gasteiger partial charge in [-0.2, -0.15) is 5.10 Å². The molecule has 0 saturated heterocycles. The monoisotopic (exact) mass is 286 g/mol. The van der Waals surface area contributed by atoms with Crippen molar-refractivity contribution in [2.75, 3.05) is 17.2 Å². The van der Waals surface area contributed by atoms with Crippen molar-refractivity contribution in [3.8, 4) is 0 Å². The second-order valence-electron chi connectivity index (χ2n) is 5.21. The lowest BCUT2D eigenvalue weighted by Gasteiger charge is -2.09. The second-order valence-corrected chi connectivity index (χ2v) is 5.21. The minimum Gasteiger partial charge on any atom is -0.384 e. The minimum absolute atomic E-state index is 0.00437. The fraction of sp³-hybridized carbons (Fsp3) is 0.375. The summed E-state index contributed by atoms with van der Waals surface area (Å²) < 4.78 is 1.77. The zero-order valence-corrected chi connectivity index (χ0v) is 13.0. The Labute approximate surface area is 125 Å². The number of carbonyl (C=O) groups is 1. The van der Waals surface area contributed by atoms with Gasteiger partial charge in [0.1, 0.15) is 0 Å². The summed E-state index contributed by atoms with van der Waals surface area (Å²) in [6, 6.07) is 8.05. The first kappa shape index (κ1) is 15.1. The number of aromatic nitrogens is 2. The third kappa shape index (κ3) is 3.62. The molecule has 0 atom stereocenters. The third-order valence-corrected chi connectivity index (χ3v) is 3.59. The van der Waals surface area contributed by atoms with Crippen molar-refractivity contribution in [3.63, 3.8) is 0 Å². The van der Waals surface area contributed by atoms with Gasteiger partial charge >= 0.3 is 0 Å². The number of anilines is 2. The lowest BCUT2D eigenvalue weighted by atomic mass is 10.2. The molecule has 5 nitrogen and oxygen atoms in total. The highest BCUT2D eigenvalue weighted by Gasteiger charge is 2.12. The molecule has 2 rings (SSSR count). The number of carbonyl (C=O) groups excluding carboxylic acids is 1.